The van der Waals surface area contributed by atoms with Crippen molar-refractivity contribution in [1.29, 1.82) is 0 Å². The molecule has 0 aromatic heterocycles. The van der Waals surface area contributed by atoms with E-state index in [-0.39, 0.29) is 29.8 Å². The van der Waals surface area contributed by atoms with Gasteiger partial charge >= 0.3 is 0 Å². The lowest BCUT2D eigenvalue weighted by molar-refractivity contribution is -0.170. The maximum absolute atomic E-state index is 12.6. The second-order valence-electron chi connectivity index (χ2n) is 7.57. The van der Waals surface area contributed by atoms with Crippen LogP contribution in [0.4, 0.5) is 0 Å². The highest BCUT2D eigenvalue weighted by Gasteiger charge is 2.62. The van der Waals surface area contributed by atoms with E-state index in [2.05, 4.69) is 12.2 Å². The van der Waals surface area contributed by atoms with Crippen molar-refractivity contribution in [3.05, 3.63) is 0 Å². The van der Waals surface area contributed by atoms with Gasteiger partial charge in [-0.25, -0.2) is 0 Å². The molecule has 4 unspecified atom stereocenters. The van der Waals surface area contributed by atoms with Gasteiger partial charge in [0, 0.05) is 25.0 Å². The molecule has 1 amide bonds. The smallest absolute Gasteiger partial charge is 0.240 e. The average Bonchev–Trinajstić information content (AvgIpc) is 2.45. The Morgan fingerprint density at radius 3 is 2.50 bits per heavy atom. The lowest BCUT2D eigenvalue weighted by Crippen LogP contribution is -2.76. The molecule has 0 heterocycles. The van der Waals surface area contributed by atoms with Gasteiger partial charge in [0.15, 0.2) is 0 Å². The lowest BCUT2D eigenvalue weighted by Gasteiger charge is -2.57. The largest absolute Gasteiger partial charge is 0.378 e. The van der Waals surface area contributed by atoms with Crippen molar-refractivity contribution in [2.24, 2.45) is 23.0 Å². The molecule has 0 bridgehead atoms. The molecule has 0 spiro atoms. The molecule has 4 nitrogen and oxygen atoms in total. The zero-order valence-electron chi connectivity index (χ0n) is 14.5. The van der Waals surface area contributed by atoms with Gasteiger partial charge in [-0.15, -0.1) is 12.4 Å². The maximum Gasteiger partial charge on any atom is 0.240 e. The van der Waals surface area contributed by atoms with Crippen LogP contribution in [0.25, 0.3) is 0 Å². The molecule has 3 N–H and O–H groups in total. The molecule has 2 aliphatic carbocycles. The lowest BCUT2D eigenvalue weighted by atomic mass is 9.54. The highest BCUT2D eigenvalue weighted by atomic mass is 35.5. The van der Waals surface area contributed by atoms with Gasteiger partial charge in [0.05, 0.1) is 6.10 Å². The summed E-state index contributed by atoms with van der Waals surface area (Å²) < 4.78 is 5.69. The first kappa shape index (κ1) is 19.7. The zero-order valence-corrected chi connectivity index (χ0v) is 15.3. The minimum absolute atomic E-state index is 0. The van der Waals surface area contributed by atoms with E-state index in [1.165, 1.54) is 25.7 Å². The molecule has 2 saturated carbocycles. The summed E-state index contributed by atoms with van der Waals surface area (Å²) in [6.45, 7) is 9.81. The van der Waals surface area contributed by atoms with Gasteiger partial charge in [0.25, 0.3) is 0 Å². The van der Waals surface area contributed by atoms with Crippen molar-refractivity contribution in [3.63, 3.8) is 0 Å². The van der Waals surface area contributed by atoms with Gasteiger partial charge in [-0.05, 0) is 25.2 Å². The van der Waals surface area contributed by atoms with Crippen molar-refractivity contribution in [3.8, 4) is 0 Å². The van der Waals surface area contributed by atoms with Crippen molar-refractivity contribution >= 4 is 18.3 Å². The van der Waals surface area contributed by atoms with E-state index in [1.807, 2.05) is 20.8 Å². The van der Waals surface area contributed by atoms with Crippen LogP contribution >= 0.6 is 12.4 Å². The number of hydrogen-bond donors (Lipinski definition) is 2. The van der Waals surface area contributed by atoms with Gasteiger partial charge in [-0.1, -0.05) is 40.0 Å². The monoisotopic (exact) mass is 332 g/mol. The highest BCUT2D eigenvalue weighted by Crippen LogP contribution is 2.49. The van der Waals surface area contributed by atoms with Gasteiger partial charge < -0.3 is 15.8 Å². The van der Waals surface area contributed by atoms with E-state index in [4.69, 9.17) is 10.5 Å². The Hall–Kier alpha value is -0.320. The van der Waals surface area contributed by atoms with E-state index in [9.17, 15) is 4.79 Å². The van der Waals surface area contributed by atoms with Crippen molar-refractivity contribution < 1.29 is 9.53 Å². The van der Waals surface area contributed by atoms with E-state index < -0.39 is 5.54 Å². The number of ether oxygens (including phenoxy) is 1. The Morgan fingerprint density at radius 1 is 1.32 bits per heavy atom. The number of carbonyl (C=O) groups is 1. The molecule has 0 radical (unpaired) electrons. The van der Waals surface area contributed by atoms with Crippen LogP contribution in [0.15, 0.2) is 0 Å². The molecule has 2 rings (SSSR count). The van der Waals surface area contributed by atoms with Crippen LogP contribution in [0, 0.1) is 17.3 Å². The van der Waals surface area contributed by atoms with Crippen LogP contribution in [-0.4, -0.2) is 30.7 Å². The Kier molecular flexibility index (Phi) is 6.72. The molecular formula is C17H33ClN2O2. The quantitative estimate of drug-likeness (QED) is 0.813. The van der Waals surface area contributed by atoms with Crippen LogP contribution < -0.4 is 11.1 Å². The van der Waals surface area contributed by atoms with Gasteiger partial charge in [0.1, 0.15) is 5.54 Å². The molecule has 2 fully saturated rings. The van der Waals surface area contributed by atoms with Crippen LogP contribution in [0.2, 0.25) is 0 Å². The molecule has 0 aromatic carbocycles. The van der Waals surface area contributed by atoms with Crippen LogP contribution in [0.3, 0.4) is 0 Å². The predicted octanol–water partition coefficient (Wildman–Crippen LogP) is 2.88. The van der Waals surface area contributed by atoms with Crippen LogP contribution in [-0.2, 0) is 9.53 Å². The summed E-state index contributed by atoms with van der Waals surface area (Å²) in [4.78, 5) is 12.6. The SMILES string of the molecule is CCOC1CC(N)(C(=O)NCC2CCCCC2C)C1(C)C.Cl. The molecule has 22 heavy (non-hydrogen) atoms. The van der Waals surface area contributed by atoms with E-state index in [0.717, 1.165) is 6.54 Å². The van der Waals surface area contributed by atoms with Gasteiger partial charge in [0.2, 0.25) is 5.91 Å². The standard InChI is InChI=1S/C17H32N2O2.ClH/c1-5-21-14-10-17(18,16(14,3)4)15(20)19-11-13-9-7-6-8-12(13)2;/h12-14H,5-11,18H2,1-4H3,(H,19,20);1H. The fourth-order valence-corrected chi connectivity index (χ4v) is 3.90. The zero-order chi connectivity index (χ0) is 15.7. The number of nitrogens with one attached hydrogen (secondary N) is 1. The van der Waals surface area contributed by atoms with Crippen LogP contribution in [0.5, 0.6) is 0 Å². The fourth-order valence-electron chi connectivity index (χ4n) is 3.90. The summed E-state index contributed by atoms with van der Waals surface area (Å²) in [5, 5.41) is 3.12. The van der Waals surface area contributed by atoms with Crippen molar-refractivity contribution in [2.75, 3.05) is 13.2 Å². The maximum atomic E-state index is 12.6. The second-order valence-corrected chi connectivity index (χ2v) is 7.57. The Balaban J connectivity index is 0.00000242. The topological polar surface area (TPSA) is 64.3 Å². The summed E-state index contributed by atoms with van der Waals surface area (Å²) in [6, 6.07) is 0. The summed E-state index contributed by atoms with van der Waals surface area (Å²) in [5.41, 5.74) is 5.32. The minimum atomic E-state index is -0.787. The number of amides is 1. The molecule has 0 saturated heterocycles. The van der Waals surface area contributed by atoms with Gasteiger partial charge in [-0.2, -0.15) is 0 Å². The Bertz CT molecular complexity index is 389. The first-order chi connectivity index (χ1) is 9.83. The minimum Gasteiger partial charge on any atom is -0.378 e. The normalized spacial score (nSPS) is 36.9. The molecule has 0 aromatic rings. The van der Waals surface area contributed by atoms with E-state index in [0.29, 0.717) is 24.9 Å². The number of nitrogens with two attached hydrogens (primary N) is 1. The Morgan fingerprint density at radius 2 is 1.95 bits per heavy atom. The molecule has 5 heteroatoms. The summed E-state index contributed by atoms with van der Waals surface area (Å²) >= 11 is 0. The summed E-state index contributed by atoms with van der Waals surface area (Å²) in [6.07, 6.45) is 5.84. The number of carbonyl (C=O) groups excluding carboxylic acids is 1. The van der Waals surface area contributed by atoms with Crippen molar-refractivity contribution in [1.82, 2.24) is 5.32 Å². The predicted molar refractivity (Wildman–Crippen MR) is 92.1 cm³/mol. The molecule has 4 atom stereocenters. The molecule has 0 aliphatic heterocycles. The first-order valence-electron chi connectivity index (χ1n) is 8.51. The summed E-state index contributed by atoms with van der Waals surface area (Å²) in [7, 11) is 0. The molecule has 130 valence electrons. The number of rotatable bonds is 5. The third kappa shape index (κ3) is 3.44. The van der Waals surface area contributed by atoms with Gasteiger partial charge in [-0.3, -0.25) is 4.79 Å². The first-order valence-corrected chi connectivity index (χ1v) is 8.51. The molecular weight excluding hydrogens is 300 g/mol. The highest BCUT2D eigenvalue weighted by molar-refractivity contribution is 5.88. The summed E-state index contributed by atoms with van der Waals surface area (Å²) in [5.74, 6) is 1.32. The molecule has 2 aliphatic rings. The second kappa shape index (κ2) is 7.50. The number of halogens is 1. The fraction of sp³-hybridized carbons (Fsp3) is 0.941. The van der Waals surface area contributed by atoms with E-state index in [1.54, 1.807) is 0 Å². The Labute approximate surface area is 141 Å². The third-order valence-electron chi connectivity index (χ3n) is 6.05. The van der Waals surface area contributed by atoms with Crippen LogP contribution in [0.1, 0.15) is 59.8 Å². The van der Waals surface area contributed by atoms with E-state index >= 15 is 0 Å². The number of hydrogen-bond acceptors (Lipinski definition) is 3. The third-order valence-corrected chi connectivity index (χ3v) is 6.05. The van der Waals surface area contributed by atoms with Crippen molar-refractivity contribution in [2.45, 2.75) is 71.4 Å². The average molecular weight is 333 g/mol.